The van der Waals surface area contributed by atoms with E-state index in [0.717, 1.165) is 16.7 Å². The summed E-state index contributed by atoms with van der Waals surface area (Å²) in [6.07, 6.45) is 0. The molecule has 2 heterocycles. The zero-order chi connectivity index (χ0) is 20.4. The van der Waals surface area contributed by atoms with Gasteiger partial charge in [-0.15, -0.1) is 0 Å². The third kappa shape index (κ3) is 3.85. The Labute approximate surface area is 168 Å². The third-order valence-electron chi connectivity index (χ3n) is 5.04. The highest BCUT2D eigenvalue weighted by Crippen LogP contribution is 2.34. The average molecular weight is 391 g/mol. The molecule has 4 rings (SSSR count). The lowest BCUT2D eigenvalue weighted by Gasteiger charge is -2.32. The van der Waals surface area contributed by atoms with E-state index in [1.807, 2.05) is 61.5 Å². The molecule has 1 atom stereocenters. The Morgan fingerprint density at radius 3 is 2.59 bits per heavy atom. The molecule has 7 heteroatoms. The van der Waals surface area contributed by atoms with Crippen molar-refractivity contribution in [1.29, 1.82) is 0 Å². The first-order valence-electron chi connectivity index (χ1n) is 9.38. The fourth-order valence-corrected chi connectivity index (χ4v) is 3.48. The van der Waals surface area contributed by atoms with Crippen LogP contribution < -0.4 is 10.6 Å². The number of hydrogen-bond acceptors (Lipinski definition) is 4. The largest absolute Gasteiger partial charge is 0.456 e. The lowest BCUT2D eigenvalue weighted by molar-refractivity contribution is -0.136. The molecule has 2 aromatic carbocycles. The predicted molar refractivity (Wildman–Crippen MR) is 105 cm³/mol. The summed E-state index contributed by atoms with van der Waals surface area (Å²) in [5.74, 6) is -0.788. The minimum atomic E-state index is -0.586. The van der Waals surface area contributed by atoms with E-state index >= 15 is 0 Å². The molecule has 0 bridgehead atoms. The number of amides is 3. The van der Waals surface area contributed by atoms with Crippen LogP contribution in [-0.4, -0.2) is 36.0 Å². The lowest BCUT2D eigenvalue weighted by Crippen LogP contribution is -2.50. The van der Waals surface area contributed by atoms with Crippen LogP contribution in [-0.2, 0) is 20.9 Å². The fraction of sp³-hybridized carbons (Fsp3) is 0.227. The normalized spacial score (nSPS) is 18.2. The third-order valence-corrected chi connectivity index (χ3v) is 5.04. The second-order valence-electron chi connectivity index (χ2n) is 7.08. The van der Waals surface area contributed by atoms with E-state index in [9.17, 15) is 14.4 Å². The molecule has 0 saturated carbocycles. The molecule has 0 fully saturated rings. The Balaban J connectivity index is 1.53. The summed E-state index contributed by atoms with van der Waals surface area (Å²) in [6.45, 7) is 2.13. The van der Waals surface area contributed by atoms with Gasteiger partial charge in [0.05, 0.1) is 17.3 Å². The second kappa shape index (κ2) is 7.79. The number of benzene rings is 2. The zero-order valence-electron chi connectivity index (χ0n) is 16.0. The van der Waals surface area contributed by atoms with Gasteiger partial charge >= 0.3 is 12.0 Å². The Kier molecular flexibility index (Phi) is 5.03. The molecule has 2 aromatic rings. The Bertz CT molecular complexity index is 983. The van der Waals surface area contributed by atoms with Gasteiger partial charge in [0.1, 0.15) is 13.2 Å². The van der Waals surface area contributed by atoms with Crippen LogP contribution in [0, 0.1) is 6.92 Å². The van der Waals surface area contributed by atoms with Gasteiger partial charge in [0.15, 0.2) is 0 Å². The smallest absolute Gasteiger partial charge is 0.338 e. The molecule has 0 spiro atoms. The van der Waals surface area contributed by atoms with E-state index in [4.69, 9.17) is 4.74 Å². The van der Waals surface area contributed by atoms with Gasteiger partial charge in [-0.1, -0.05) is 60.2 Å². The monoisotopic (exact) mass is 391 g/mol. The number of aryl methyl sites for hydroxylation is 1. The number of esters is 1. The maximum Gasteiger partial charge on any atom is 0.338 e. The van der Waals surface area contributed by atoms with Gasteiger partial charge in [-0.25, -0.2) is 9.59 Å². The summed E-state index contributed by atoms with van der Waals surface area (Å²) >= 11 is 0. The van der Waals surface area contributed by atoms with Crippen LogP contribution in [0.15, 0.2) is 65.9 Å². The number of urea groups is 1. The second-order valence-corrected chi connectivity index (χ2v) is 7.08. The van der Waals surface area contributed by atoms with E-state index in [-0.39, 0.29) is 19.1 Å². The summed E-state index contributed by atoms with van der Waals surface area (Å²) < 4.78 is 5.19. The maximum atomic E-state index is 12.7. The van der Waals surface area contributed by atoms with Gasteiger partial charge in [-0.3, -0.25) is 9.69 Å². The Morgan fingerprint density at radius 1 is 1.14 bits per heavy atom. The minimum absolute atomic E-state index is 0.0179. The highest BCUT2D eigenvalue weighted by molar-refractivity contribution is 5.98. The lowest BCUT2D eigenvalue weighted by atomic mass is 9.95. The molecule has 29 heavy (non-hydrogen) atoms. The van der Waals surface area contributed by atoms with Crippen molar-refractivity contribution >= 4 is 17.9 Å². The van der Waals surface area contributed by atoms with Crippen LogP contribution in [0.4, 0.5) is 4.79 Å². The van der Waals surface area contributed by atoms with Crippen LogP contribution >= 0.6 is 0 Å². The molecule has 0 aliphatic carbocycles. The van der Waals surface area contributed by atoms with Crippen LogP contribution in [0.1, 0.15) is 22.7 Å². The number of ether oxygens (including phenoxy) is 1. The van der Waals surface area contributed by atoms with Gasteiger partial charge < -0.3 is 15.4 Å². The van der Waals surface area contributed by atoms with Gasteiger partial charge in [-0.05, 0) is 18.1 Å². The van der Waals surface area contributed by atoms with Crippen LogP contribution in [0.3, 0.4) is 0 Å². The van der Waals surface area contributed by atoms with E-state index in [0.29, 0.717) is 17.8 Å². The standard InChI is InChI=1S/C22H21N3O4/c1-14-7-9-16(10-8-14)20-19-17(13-29-21(19)27)25(22(28)24-20)12-18(26)23-11-15-5-3-2-4-6-15/h2-10,20H,11-13H2,1H3,(H,23,26)(H,24,28). The molecule has 0 saturated heterocycles. The van der Waals surface area contributed by atoms with E-state index in [2.05, 4.69) is 10.6 Å². The molecule has 3 amide bonds. The molecule has 0 aromatic heterocycles. The van der Waals surface area contributed by atoms with E-state index < -0.39 is 18.0 Å². The van der Waals surface area contributed by atoms with Crippen molar-refractivity contribution in [2.24, 2.45) is 0 Å². The highest BCUT2D eigenvalue weighted by Gasteiger charge is 2.42. The van der Waals surface area contributed by atoms with Crippen molar-refractivity contribution < 1.29 is 19.1 Å². The van der Waals surface area contributed by atoms with Crippen LogP contribution in [0.5, 0.6) is 0 Å². The molecule has 2 aliphatic rings. The van der Waals surface area contributed by atoms with Gasteiger partial charge in [-0.2, -0.15) is 0 Å². The number of carbonyl (C=O) groups is 3. The average Bonchev–Trinajstić information content (AvgIpc) is 3.11. The summed E-state index contributed by atoms with van der Waals surface area (Å²) in [6, 6.07) is 16.1. The molecule has 1 unspecified atom stereocenters. The zero-order valence-corrected chi connectivity index (χ0v) is 16.0. The van der Waals surface area contributed by atoms with Gasteiger partial charge in [0.2, 0.25) is 5.91 Å². The maximum absolute atomic E-state index is 12.7. The highest BCUT2D eigenvalue weighted by atomic mass is 16.5. The predicted octanol–water partition coefficient (Wildman–Crippen LogP) is 2.19. The van der Waals surface area contributed by atoms with Crippen LogP contribution in [0.2, 0.25) is 0 Å². The first-order chi connectivity index (χ1) is 14.0. The number of cyclic esters (lactones) is 1. The van der Waals surface area contributed by atoms with E-state index in [1.54, 1.807) is 0 Å². The number of nitrogens with zero attached hydrogens (tertiary/aromatic N) is 1. The van der Waals surface area contributed by atoms with Crippen molar-refractivity contribution in [3.8, 4) is 0 Å². The Morgan fingerprint density at radius 2 is 1.86 bits per heavy atom. The molecular weight excluding hydrogens is 370 g/mol. The molecule has 148 valence electrons. The van der Waals surface area contributed by atoms with Crippen molar-refractivity contribution in [2.45, 2.75) is 19.5 Å². The SMILES string of the molecule is Cc1ccc(C2NC(=O)N(CC(=O)NCc3ccccc3)C3=C2C(=O)OC3)cc1. The molecule has 2 N–H and O–H groups in total. The van der Waals surface area contributed by atoms with E-state index in [1.165, 1.54) is 4.90 Å². The van der Waals surface area contributed by atoms with Crippen LogP contribution in [0.25, 0.3) is 0 Å². The number of carbonyl (C=O) groups excluding carboxylic acids is 3. The van der Waals surface area contributed by atoms with Gasteiger partial charge in [0.25, 0.3) is 0 Å². The summed E-state index contributed by atoms with van der Waals surface area (Å²) in [5.41, 5.74) is 3.66. The minimum Gasteiger partial charge on any atom is -0.456 e. The molecule has 2 aliphatic heterocycles. The van der Waals surface area contributed by atoms with Crippen molar-refractivity contribution in [1.82, 2.24) is 15.5 Å². The van der Waals surface area contributed by atoms with Crippen molar-refractivity contribution in [2.75, 3.05) is 13.2 Å². The Hall–Kier alpha value is -3.61. The molecule has 0 radical (unpaired) electrons. The van der Waals surface area contributed by atoms with Crippen molar-refractivity contribution in [3.63, 3.8) is 0 Å². The van der Waals surface area contributed by atoms with Gasteiger partial charge in [0, 0.05) is 6.54 Å². The summed E-state index contributed by atoms with van der Waals surface area (Å²) in [4.78, 5) is 38.8. The number of rotatable bonds is 5. The quantitative estimate of drug-likeness (QED) is 0.765. The van der Waals surface area contributed by atoms with Crippen molar-refractivity contribution in [3.05, 3.63) is 82.6 Å². The first-order valence-corrected chi connectivity index (χ1v) is 9.38. The topological polar surface area (TPSA) is 87.7 Å². The summed E-state index contributed by atoms with van der Waals surface area (Å²) in [5, 5.41) is 5.63. The molecule has 7 nitrogen and oxygen atoms in total. The number of hydrogen-bond donors (Lipinski definition) is 2. The fourth-order valence-electron chi connectivity index (χ4n) is 3.48. The number of nitrogens with one attached hydrogen (secondary N) is 2. The molecular formula is C22H21N3O4. The first kappa shape index (κ1) is 18.7. The summed E-state index contributed by atoms with van der Waals surface area (Å²) in [7, 11) is 0.